The molecular weight excluding hydrogens is 347 g/mol. The smallest absolute Gasteiger partial charge is 0.264 e. The Hall–Kier alpha value is -1.70. The summed E-state index contributed by atoms with van der Waals surface area (Å²) in [6.07, 6.45) is 1.41. The summed E-state index contributed by atoms with van der Waals surface area (Å²) in [5.41, 5.74) is 2.24. The van der Waals surface area contributed by atoms with Gasteiger partial charge in [-0.2, -0.15) is 5.10 Å². The van der Waals surface area contributed by atoms with E-state index in [9.17, 15) is 8.42 Å². The van der Waals surface area contributed by atoms with Crippen molar-refractivity contribution in [3.63, 3.8) is 0 Å². The van der Waals surface area contributed by atoms with Gasteiger partial charge in [0.1, 0.15) is 4.90 Å². The zero-order valence-corrected chi connectivity index (χ0v) is 14.0. The molecule has 0 unspecified atom stereocenters. The van der Waals surface area contributed by atoms with Gasteiger partial charge in [-0.3, -0.25) is 9.82 Å². The highest BCUT2D eigenvalue weighted by molar-refractivity contribution is 7.93. The van der Waals surface area contributed by atoms with E-state index in [-0.39, 0.29) is 4.90 Å². The number of rotatable bonds is 3. The van der Waals surface area contributed by atoms with Crippen molar-refractivity contribution in [2.75, 3.05) is 4.72 Å². The van der Waals surface area contributed by atoms with Gasteiger partial charge in [0.15, 0.2) is 0 Å². The van der Waals surface area contributed by atoms with Crippen LogP contribution in [0.1, 0.15) is 11.4 Å². The highest BCUT2D eigenvalue weighted by Gasteiger charge is 2.22. The molecule has 3 N–H and O–H groups in total. The Labute approximate surface area is 136 Å². The summed E-state index contributed by atoms with van der Waals surface area (Å²) in [4.78, 5) is 2.98. The van der Waals surface area contributed by atoms with Crippen LogP contribution in [0.5, 0.6) is 0 Å². The number of nitrogens with one attached hydrogen (secondary N) is 3. The van der Waals surface area contributed by atoms with Crippen molar-refractivity contribution < 1.29 is 8.42 Å². The third-order valence-corrected chi connectivity index (χ3v) is 5.45. The van der Waals surface area contributed by atoms with Gasteiger partial charge < -0.3 is 4.98 Å². The molecule has 3 aromatic rings. The van der Waals surface area contributed by atoms with E-state index >= 15 is 0 Å². The first kappa shape index (κ1) is 15.2. The van der Waals surface area contributed by atoms with Gasteiger partial charge in [0.05, 0.1) is 27.1 Å². The van der Waals surface area contributed by atoms with E-state index in [2.05, 4.69) is 19.9 Å². The quantitative estimate of drug-likeness (QED) is 0.667. The number of aryl methyl sites for hydroxylation is 2. The van der Waals surface area contributed by atoms with Crippen molar-refractivity contribution >= 4 is 49.8 Å². The highest BCUT2D eigenvalue weighted by Crippen LogP contribution is 2.32. The van der Waals surface area contributed by atoms with Gasteiger partial charge in [0, 0.05) is 17.1 Å². The van der Waals surface area contributed by atoms with Crippen LogP contribution >= 0.6 is 23.2 Å². The van der Waals surface area contributed by atoms with E-state index in [4.69, 9.17) is 23.2 Å². The van der Waals surface area contributed by atoms with Crippen LogP contribution in [0.25, 0.3) is 10.9 Å². The third-order valence-electron chi connectivity index (χ3n) is 3.34. The second-order valence-electron chi connectivity index (χ2n) is 4.88. The number of fused-ring (bicyclic) bond motifs is 1. The molecule has 0 saturated carbocycles. The fourth-order valence-corrected chi connectivity index (χ4v) is 3.88. The lowest BCUT2D eigenvalue weighted by Gasteiger charge is -2.07. The minimum atomic E-state index is -3.78. The summed E-state index contributed by atoms with van der Waals surface area (Å²) < 4.78 is 27.8. The molecule has 6 nitrogen and oxygen atoms in total. The number of H-pyrrole nitrogens is 2. The predicted molar refractivity (Wildman–Crippen MR) is 87.2 cm³/mol. The lowest BCUT2D eigenvalue weighted by Crippen LogP contribution is -2.13. The Morgan fingerprint density at radius 2 is 1.86 bits per heavy atom. The van der Waals surface area contributed by atoms with Crippen molar-refractivity contribution in [3.05, 3.63) is 39.8 Å². The van der Waals surface area contributed by atoms with Crippen LogP contribution in [0.15, 0.2) is 23.2 Å². The van der Waals surface area contributed by atoms with Crippen LogP contribution in [-0.2, 0) is 10.0 Å². The number of nitrogens with zero attached hydrogens (tertiary/aromatic N) is 1. The summed E-state index contributed by atoms with van der Waals surface area (Å²) in [5, 5.41) is 7.83. The molecule has 0 radical (unpaired) electrons. The van der Waals surface area contributed by atoms with Crippen LogP contribution in [0.3, 0.4) is 0 Å². The molecule has 0 aliphatic carbocycles. The molecule has 0 aliphatic rings. The normalized spacial score (nSPS) is 12.0. The molecule has 0 amide bonds. The number of halogens is 2. The third kappa shape index (κ3) is 2.45. The SMILES string of the molecule is Cc1n[nH]c(C)c1NS(=O)(=O)c1c[nH]c2cc(Cl)c(Cl)cc12. The maximum Gasteiger partial charge on any atom is 0.264 e. The van der Waals surface area contributed by atoms with Crippen molar-refractivity contribution in [1.82, 2.24) is 15.2 Å². The van der Waals surface area contributed by atoms with Gasteiger partial charge >= 0.3 is 0 Å². The first-order valence-electron chi connectivity index (χ1n) is 6.30. The minimum Gasteiger partial charge on any atom is -0.360 e. The molecule has 1 aromatic carbocycles. The van der Waals surface area contributed by atoms with Gasteiger partial charge in [0.25, 0.3) is 10.0 Å². The monoisotopic (exact) mass is 358 g/mol. The van der Waals surface area contributed by atoms with E-state index < -0.39 is 10.0 Å². The average Bonchev–Trinajstić information content (AvgIpc) is 2.98. The largest absolute Gasteiger partial charge is 0.360 e. The number of aromatic nitrogens is 3. The van der Waals surface area contributed by atoms with Crippen molar-refractivity contribution in [1.29, 1.82) is 0 Å². The number of anilines is 1. The molecule has 0 saturated heterocycles. The van der Waals surface area contributed by atoms with Gasteiger partial charge in [-0.15, -0.1) is 0 Å². The standard InChI is InChI=1S/C13H12Cl2N4O2S/c1-6-13(7(2)18-17-6)19-22(20,21)12-5-16-11-4-10(15)9(14)3-8(11)12/h3-5,16,19H,1-2H3,(H,17,18). The highest BCUT2D eigenvalue weighted by atomic mass is 35.5. The molecule has 9 heteroatoms. The second-order valence-corrected chi connectivity index (χ2v) is 7.34. The van der Waals surface area contributed by atoms with Crippen molar-refractivity contribution in [2.24, 2.45) is 0 Å². The first-order valence-corrected chi connectivity index (χ1v) is 8.54. The van der Waals surface area contributed by atoms with Gasteiger partial charge in [-0.1, -0.05) is 23.2 Å². The molecule has 0 atom stereocenters. The summed E-state index contributed by atoms with van der Waals surface area (Å²) in [7, 11) is -3.78. The zero-order valence-electron chi connectivity index (χ0n) is 11.7. The maximum absolute atomic E-state index is 12.6. The zero-order chi connectivity index (χ0) is 16.1. The van der Waals surface area contributed by atoms with E-state index in [1.54, 1.807) is 19.9 Å². The van der Waals surface area contributed by atoms with Gasteiger partial charge in [-0.05, 0) is 26.0 Å². The lowest BCUT2D eigenvalue weighted by molar-refractivity contribution is 0.602. The Morgan fingerprint density at radius 3 is 2.50 bits per heavy atom. The van der Waals surface area contributed by atoms with Gasteiger partial charge in [-0.25, -0.2) is 8.42 Å². The summed E-state index contributed by atoms with van der Waals surface area (Å²) in [6, 6.07) is 3.12. The molecular formula is C13H12Cl2N4O2S. The Bertz CT molecular complexity index is 956. The summed E-state index contributed by atoms with van der Waals surface area (Å²) >= 11 is 11.9. The van der Waals surface area contributed by atoms with E-state index in [1.165, 1.54) is 12.3 Å². The van der Waals surface area contributed by atoms with Crippen LogP contribution in [0.4, 0.5) is 5.69 Å². The summed E-state index contributed by atoms with van der Waals surface area (Å²) in [6.45, 7) is 3.46. The second kappa shape index (κ2) is 5.19. The molecule has 0 bridgehead atoms. The molecule has 2 heterocycles. The van der Waals surface area contributed by atoms with Crippen molar-refractivity contribution in [3.8, 4) is 0 Å². The topological polar surface area (TPSA) is 90.6 Å². The number of hydrogen-bond donors (Lipinski definition) is 3. The number of benzene rings is 1. The average molecular weight is 359 g/mol. The molecule has 0 aliphatic heterocycles. The van der Waals surface area contributed by atoms with Crippen molar-refractivity contribution in [2.45, 2.75) is 18.7 Å². The number of hydrogen-bond acceptors (Lipinski definition) is 3. The van der Waals surface area contributed by atoms with E-state index in [0.717, 1.165) is 0 Å². The van der Waals surface area contributed by atoms with Crippen LogP contribution in [0, 0.1) is 13.8 Å². The van der Waals surface area contributed by atoms with E-state index in [0.29, 0.717) is 38.0 Å². The van der Waals surface area contributed by atoms with Crippen LogP contribution in [0.2, 0.25) is 10.0 Å². The Balaban J connectivity index is 2.12. The minimum absolute atomic E-state index is 0.0982. The molecule has 2 aromatic heterocycles. The van der Waals surface area contributed by atoms with Gasteiger partial charge in [0.2, 0.25) is 0 Å². The predicted octanol–water partition coefficient (Wildman–Crippen LogP) is 3.62. The number of aromatic amines is 2. The molecule has 3 rings (SSSR count). The molecule has 22 heavy (non-hydrogen) atoms. The van der Waals surface area contributed by atoms with E-state index in [1.807, 2.05) is 0 Å². The Morgan fingerprint density at radius 1 is 1.18 bits per heavy atom. The maximum atomic E-state index is 12.6. The Kier molecular flexibility index (Phi) is 3.58. The number of sulfonamides is 1. The molecule has 0 spiro atoms. The van der Waals surface area contributed by atoms with Crippen LogP contribution < -0.4 is 4.72 Å². The fraction of sp³-hybridized carbons (Fsp3) is 0.154. The summed E-state index contributed by atoms with van der Waals surface area (Å²) in [5.74, 6) is 0. The fourth-order valence-electron chi connectivity index (χ4n) is 2.20. The first-order chi connectivity index (χ1) is 10.3. The molecule has 0 fully saturated rings. The van der Waals surface area contributed by atoms with Crippen LogP contribution in [-0.4, -0.2) is 23.6 Å². The lowest BCUT2D eigenvalue weighted by atomic mass is 10.2. The molecule has 116 valence electrons.